The zero-order valence-electron chi connectivity index (χ0n) is 11.5. The molecule has 0 aliphatic carbocycles. The third-order valence-corrected chi connectivity index (χ3v) is 2.88. The molecule has 0 atom stereocenters. The van der Waals surface area contributed by atoms with Crippen molar-refractivity contribution in [1.29, 1.82) is 0 Å². The summed E-state index contributed by atoms with van der Waals surface area (Å²) in [7, 11) is 1.67. The van der Waals surface area contributed by atoms with Crippen LogP contribution in [0.5, 0.6) is 11.5 Å². The van der Waals surface area contributed by atoms with Gasteiger partial charge in [0.2, 0.25) is 0 Å². The molecule has 20 heavy (non-hydrogen) atoms. The molecule has 0 saturated carbocycles. The topological polar surface area (TPSA) is 69.5 Å². The Balaban J connectivity index is 1.72. The van der Waals surface area contributed by atoms with Crippen LogP contribution in [0.15, 0.2) is 23.4 Å². The van der Waals surface area contributed by atoms with E-state index in [1.807, 2.05) is 12.1 Å². The summed E-state index contributed by atoms with van der Waals surface area (Å²) in [5, 5.41) is 12.0. The van der Waals surface area contributed by atoms with Crippen molar-refractivity contribution in [3.8, 4) is 11.5 Å². The second-order valence-corrected chi connectivity index (χ2v) is 4.30. The lowest BCUT2D eigenvalue weighted by atomic mass is 10.1. The molecule has 1 heterocycles. The highest BCUT2D eigenvalue weighted by Crippen LogP contribution is 2.29. The first-order valence-electron chi connectivity index (χ1n) is 6.53. The number of ether oxygens (including phenoxy) is 4. The lowest BCUT2D eigenvalue weighted by Crippen LogP contribution is -2.08. The third kappa shape index (κ3) is 3.85. The van der Waals surface area contributed by atoms with Gasteiger partial charge in [-0.2, -0.15) is 0 Å². The number of fused-ring (bicyclic) bond motifs is 1. The molecule has 0 saturated heterocycles. The quantitative estimate of drug-likeness (QED) is 0.446. The number of nitrogens with zero attached hydrogens (tertiary/aromatic N) is 1. The number of hydrogen-bond donors (Lipinski definition) is 1. The highest BCUT2D eigenvalue weighted by atomic mass is 16.5. The van der Waals surface area contributed by atoms with E-state index in [0.717, 1.165) is 12.0 Å². The monoisotopic (exact) mass is 281 g/mol. The van der Waals surface area contributed by atoms with Gasteiger partial charge in [-0.1, -0.05) is 5.16 Å². The highest BCUT2D eigenvalue weighted by molar-refractivity contribution is 6.05. The SMILES string of the molecule is COCCCOCCOc1ccc2c(c1)OC/C2=N\O. The van der Waals surface area contributed by atoms with Gasteiger partial charge >= 0.3 is 0 Å². The molecule has 0 radical (unpaired) electrons. The van der Waals surface area contributed by atoms with Gasteiger partial charge in [0.25, 0.3) is 0 Å². The fourth-order valence-electron chi connectivity index (χ4n) is 1.88. The molecule has 1 aliphatic rings. The van der Waals surface area contributed by atoms with E-state index in [9.17, 15) is 0 Å². The van der Waals surface area contributed by atoms with Gasteiger partial charge in [-0.05, 0) is 18.6 Å². The van der Waals surface area contributed by atoms with E-state index >= 15 is 0 Å². The molecule has 0 bridgehead atoms. The Bertz CT molecular complexity index is 461. The van der Waals surface area contributed by atoms with Crippen LogP contribution in [0.1, 0.15) is 12.0 Å². The normalized spacial score (nSPS) is 15.2. The van der Waals surface area contributed by atoms with Gasteiger partial charge in [0.1, 0.15) is 30.4 Å². The molecule has 0 aromatic heterocycles. The van der Waals surface area contributed by atoms with Crippen LogP contribution in [0.25, 0.3) is 0 Å². The summed E-state index contributed by atoms with van der Waals surface area (Å²) in [6.45, 7) is 2.67. The highest BCUT2D eigenvalue weighted by Gasteiger charge is 2.20. The van der Waals surface area contributed by atoms with E-state index in [-0.39, 0.29) is 6.61 Å². The number of hydrogen-bond acceptors (Lipinski definition) is 6. The van der Waals surface area contributed by atoms with E-state index in [0.29, 0.717) is 43.6 Å². The Kier molecular flexibility index (Phi) is 5.64. The molecule has 0 spiro atoms. The lowest BCUT2D eigenvalue weighted by molar-refractivity contribution is 0.0806. The Labute approximate surface area is 117 Å². The van der Waals surface area contributed by atoms with Crippen molar-refractivity contribution in [2.45, 2.75) is 6.42 Å². The van der Waals surface area contributed by atoms with Crippen molar-refractivity contribution in [3.05, 3.63) is 23.8 Å². The number of oxime groups is 1. The maximum atomic E-state index is 8.80. The van der Waals surface area contributed by atoms with E-state index in [4.69, 9.17) is 24.2 Å². The van der Waals surface area contributed by atoms with Crippen molar-refractivity contribution in [3.63, 3.8) is 0 Å². The van der Waals surface area contributed by atoms with E-state index in [1.54, 1.807) is 13.2 Å². The van der Waals surface area contributed by atoms with E-state index < -0.39 is 0 Å². The van der Waals surface area contributed by atoms with Crippen molar-refractivity contribution >= 4 is 5.71 Å². The second kappa shape index (κ2) is 7.72. The summed E-state index contributed by atoms with van der Waals surface area (Å²) in [4.78, 5) is 0. The Morgan fingerprint density at radius 3 is 2.95 bits per heavy atom. The first-order chi connectivity index (χ1) is 9.85. The maximum Gasteiger partial charge on any atom is 0.134 e. The Morgan fingerprint density at radius 2 is 2.15 bits per heavy atom. The summed E-state index contributed by atoms with van der Waals surface area (Å²) < 4.78 is 21.3. The molecule has 0 unspecified atom stereocenters. The zero-order chi connectivity index (χ0) is 14.2. The van der Waals surface area contributed by atoms with Crippen LogP contribution in [0, 0.1) is 0 Å². The largest absolute Gasteiger partial charge is 0.491 e. The van der Waals surface area contributed by atoms with Gasteiger partial charge in [0.15, 0.2) is 0 Å². The summed E-state index contributed by atoms with van der Waals surface area (Å²) >= 11 is 0. The van der Waals surface area contributed by atoms with E-state index in [1.165, 1.54) is 0 Å². The molecule has 1 aliphatic heterocycles. The smallest absolute Gasteiger partial charge is 0.134 e. The average Bonchev–Trinajstić information content (AvgIpc) is 2.88. The average molecular weight is 281 g/mol. The van der Waals surface area contributed by atoms with Crippen LogP contribution in [-0.2, 0) is 9.47 Å². The van der Waals surface area contributed by atoms with Crippen LogP contribution in [-0.4, -0.2) is 51.1 Å². The van der Waals surface area contributed by atoms with Gasteiger partial charge < -0.3 is 24.2 Å². The van der Waals surface area contributed by atoms with Crippen molar-refractivity contribution in [2.24, 2.45) is 5.16 Å². The molecular weight excluding hydrogens is 262 g/mol. The first kappa shape index (κ1) is 14.6. The molecule has 0 fully saturated rings. The van der Waals surface area contributed by atoms with Crippen molar-refractivity contribution in [2.75, 3.05) is 40.1 Å². The molecule has 1 N–H and O–H groups in total. The molecule has 6 nitrogen and oxygen atoms in total. The van der Waals surface area contributed by atoms with Gasteiger partial charge in [-0.25, -0.2) is 0 Å². The number of methoxy groups -OCH3 is 1. The van der Waals surface area contributed by atoms with Crippen LogP contribution < -0.4 is 9.47 Å². The number of rotatable bonds is 8. The van der Waals surface area contributed by atoms with Crippen molar-refractivity contribution in [1.82, 2.24) is 0 Å². The molecule has 110 valence electrons. The maximum absolute atomic E-state index is 8.80. The van der Waals surface area contributed by atoms with Gasteiger partial charge in [0.05, 0.1) is 6.61 Å². The third-order valence-electron chi connectivity index (χ3n) is 2.88. The molecule has 1 aromatic rings. The summed E-state index contributed by atoms with van der Waals surface area (Å²) in [6.07, 6.45) is 0.881. The van der Waals surface area contributed by atoms with Gasteiger partial charge in [-0.15, -0.1) is 0 Å². The van der Waals surface area contributed by atoms with E-state index in [2.05, 4.69) is 5.16 Å². The standard InChI is InChI=1S/C14H19NO5/c1-17-5-2-6-18-7-8-19-11-3-4-12-13(15-16)10-20-14(12)9-11/h3-4,9,16H,2,5-8,10H2,1H3/b15-13+. The molecule has 1 aromatic carbocycles. The van der Waals surface area contributed by atoms with Gasteiger partial charge in [0, 0.05) is 32.0 Å². The minimum Gasteiger partial charge on any atom is -0.491 e. The second-order valence-electron chi connectivity index (χ2n) is 4.30. The van der Waals surface area contributed by atoms with Crippen LogP contribution >= 0.6 is 0 Å². The van der Waals surface area contributed by atoms with Crippen LogP contribution in [0.3, 0.4) is 0 Å². The summed E-state index contributed by atoms with van der Waals surface area (Å²) in [5.41, 5.74) is 1.34. The lowest BCUT2D eigenvalue weighted by Gasteiger charge is -2.08. The van der Waals surface area contributed by atoms with Crippen molar-refractivity contribution < 1.29 is 24.2 Å². The first-order valence-corrected chi connectivity index (χ1v) is 6.53. The molecule has 0 amide bonds. The molecule has 2 rings (SSSR count). The van der Waals surface area contributed by atoms with Crippen LogP contribution in [0.4, 0.5) is 0 Å². The zero-order valence-corrected chi connectivity index (χ0v) is 11.5. The Hall–Kier alpha value is -1.79. The summed E-state index contributed by atoms with van der Waals surface area (Å²) in [5.74, 6) is 1.39. The predicted molar refractivity (Wildman–Crippen MR) is 73.1 cm³/mol. The predicted octanol–water partition coefficient (Wildman–Crippen LogP) is 1.69. The molecular formula is C14H19NO5. The van der Waals surface area contributed by atoms with Crippen LogP contribution in [0.2, 0.25) is 0 Å². The molecule has 6 heteroatoms. The Morgan fingerprint density at radius 1 is 1.25 bits per heavy atom. The minimum absolute atomic E-state index is 0.290. The fraction of sp³-hybridized carbons (Fsp3) is 0.500. The van der Waals surface area contributed by atoms with Gasteiger partial charge in [-0.3, -0.25) is 0 Å². The summed E-state index contributed by atoms with van der Waals surface area (Å²) in [6, 6.07) is 5.44. The minimum atomic E-state index is 0.290. The fourth-order valence-corrected chi connectivity index (χ4v) is 1.88. The number of benzene rings is 1.